The highest BCUT2D eigenvalue weighted by atomic mass is 79.9. The van der Waals surface area contributed by atoms with Crippen LogP contribution in [0.1, 0.15) is 30.7 Å². The number of imidazole rings is 1. The zero-order valence-electron chi connectivity index (χ0n) is 11.5. The molecule has 1 atom stereocenters. The van der Waals surface area contributed by atoms with Crippen molar-refractivity contribution in [3.05, 3.63) is 28.0 Å². The Hall–Kier alpha value is -0.870. The summed E-state index contributed by atoms with van der Waals surface area (Å²) in [7, 11) is 2.12. The van der Waals surface area contributed by atoms with Gasteiger partial charge < -0.3 is 9.88 Å². The lowest BCUT2D eigenvalue weighted by Crippen LogP contribution is -2.36. The maximum atomic E-state index is 4.82. The normalized spacial score (nSPS) is 20.1. The fraction of sp³-hybridized carbons (Fsp3) is 0.533. The van der Waals surface area contributed by atoms with Gasteiger partial charge >= 0.3 is 0 Å². The molecule has 2 heterocycles. The van der Waals surface area contributed by atoms with E-state index in [9.17, 15) is 0 Å². The van der Waals surface area contributed by atoms with Gasteiger partial charge in [-0.2, -0.15) is 0 Å². The van der Waals surface area contributed by atoms with Crippen molar-refractivity contribution in [2.45, 2.75) is 38.6 Å². The summed E-state index contributed by atoms with van der Waals surface area (Å²) in [6.07, 6.45) is 4.94. The van der Waals surface area contributed by atoms with Crippen LogP contribution in [0.25, 0.3) is 11.0 Å². The second-order valence-corrected chi connectivity index (χ2v) is 6.41. The van der Waals surface area contributed by atoms with Crippen LogP contribution >= 0.6 is 15.9 Å². The monoisotopic (exact) mass is 321 g/mol. The van der Waals surface area contributed by atoms with Gasteiger partial charge in [0.25, 0.3) is 0 Å². The second-order valence-electron chi connectivity index (χ2n) is 5.55. The summed E-state index contributed by atoms with van der Waals surface area (Å²) >= 11 is 3.66. The van der Waals surface area contributed by atoms with Gasteiger partial charge in [0.05, 0.1) is 11.0 Å². The van der Waals surface area contributed by atoms with Crippen LogP contribution in [0, 0.1) is 6.92 Å². The van der Waals surface area contributed by atoms with Gasteiger partial charge in [0.1, 0.15) is 5.82 Å². The smallest absolute Gasteiger partial charge is 0.111 e. The summed E-state index contributed by atoms with van der Waals surface area (Å²) in [5.41, 5.74) is 3.55. The molecule has 0 saturated carbocycles. The maximum absolute atomic E-state index is 4.82. The quantitative estimate of drug-likeness (QED) is 0.919. The number of benzene rings is 1. The molecule has 1 aromatic heterocycles. The van der Waals surface area contributed by atoms with Crippen molar-refractivity contribution < 1.29 is 0 Å². The van der Waals surface area contributed by atoms with E-state index in [1.807, 2.05) is 0 Å². The van der Waals surface area contributed by atoms with E-state index in [4.69, 9.17) is 4.98 Å². The van der Waals surface area contributed by atoms with Crippen molar-refractivity contribution in [1.82, 2.24) is 14.9 Å². The predicted octanol–water partition coefficient (Wildman–Crippen LogP) is 3.33. The first-order valence-corrected chi connectivity index (χ1v) is 7.79. The minimum atomic E-state index is 0.587. The summed E-state index contributed by atoms with van der Waals surface area (Å²) in [5.74, 6) is 1.18. The third-order valence-electron chi connectivity index (χ3n) is 4.00. The van der Waals surface area contributed by atoms with E-state index in [-0.39, 0.29) is 0 Å². The van der Waals surface area contributed by atoms with Crippen LogP contribution in [0.3, 0.4) is 0 Å². The van der Waals surface area contributed by atoms with E-state index >= 15 is 0 Å². The van der Waals surface area contributed by atoms with Crippen molar-refractivity contribution in [2.75, 3.05) is 6.54 Å². The molecule has 1 aromatic carbocycles. The lowest BCUT2D eigenvalue weighted by molar-refractivity contribution is 0.392. The molecule has 102 valence electrons. The molecule has 4 heteroatoms. The van der Waals surface area contributed by atoms with Crippen LogP contribution in [0.15, 0.2) is 16.6 Å². The minimum absolute atomic E-state index is 0.587. The third kappa shape index (κ3) is 2.56. The molecule has 1 N–H and O–H groups in total. The summed E-state index contributed by atoms with van der Waals surface area (Å²) < 4.78 is 3.37. The van der Waals surface area contributed by atoms with Crippen LogP contribution in [0.4, 0.5) is 0 Å². The number of fused-ring (bicyclic) bond motifs is 1. The van der Waals surface area contributed by atoms with Crippen molar-refractivity contribution in [3.8, 4) is 0 Å². The first-order chi connectivity index (χ1) is 9.15. The molecular formula is C15H20BrN3. The molecule has 0 radical (unpaired) electrons. The molecule has 0 aliphatic carbocycles. The number of aryl methyl sites for hydroxylation is 2. The van der Waals surface area contributed by atoms with Crippen molar-refractivity contribution in [1.29, 1.82) is 0 Å². The standard InChI is InChI=1S/C15H20BrN3/c1-10-7-12(16)15-13(8-10)18-14(19(15)2)9-11-5-3-4-6-17-11/h7-8,11,17H,3-6,9H2,1-2H3. The van der Waals surface area contributed by atoms with Gasteiger partial charge in [0.2, 0.25) is 0 Å². The average molecular weight is 322 g/mol. The van der Waals surface area contributed by atoms with E-state index in [2.05, 4.69) is 51.9 Å². The van der Waals surface area contributed by atoms with Gasteiger partial charge in [-0.05, 0) is 59.9 Å². The summed E-state index contributed by atoms with van der Waals surface area (Å²) in [6.45, 7) is 3.26. The fourth-order valence-electron chi connectivity index (χ4n) is 2.98. The Morgan fingerprint density at radius 3 is 3.00 bits per heavy atom. The largest absolute Gasteiger partial charge is 0.330 e. The number of nitrogens with one attached hydrogen (secondary N) is 1. The van der Waals surface area contributed by atoms with Gasteiger partial charge in [0, 0.05) is 24.0 Å². The zero-order valence-corrected chi connectivity index (χ0v) is 13.1. The van der Waals surface area contributed by atoms with Crippen LogP contribution in [0.2, 0.25) is 0 Å². The number of piperidine rings is 1. The van der Waals surface area contributed by atoms with Gasteiger partial charge in [-0.15, -0.1) is 0 Å². The first-order valence-electron chi connectivity index (χ1n) is 7.00. The number of hydrogen-bond acceptors (Lipinski definition) is 2. The lowest BCUT2D eigenvalue weighted by Gasteiger charge is -2.23. The number of halogens is 1. The molecule has 3 nitrogen and oxygen atoms in total. The number of hydrogen-bond donors (Lipinski definition) is 1. The maximum Gasteiger partial charge on any atom is 0.111 e. The van der Waals surface area contributed by atoms with Crippen LogP contribution < -0.4 is 5.32 Å². The van der Waals surface area contributed by atoms with E-state index < -0.39 is 0 Å². The molecule has 1 fully saturated rings. The summed E-state index contributed by atoms with van der Waals surface area (Å²) in [6, 6.07) is 4.91. The Morgan fingerprint density at radius 2 is 2.26 bits per heavy atom. The Bertz CT molecular complexity index is 597. The molecule has 0 bridgehead atoms. The molecule has 1 aliphatic rings. The van der Waals surface area contributed by atoms with Crippen LogP contribution in [0.5, 0.6) is 0 Å². The number of nitrogens with zero attached hydrogens (tertiary/aromatic N) is 2. The Labute approximate surface area is 122 Å². The third-order valence-corrected chi connectivity index (χ3v) is 4.61. The Kier molecular flexibility index (Phi) is 3.63. The fourth-order valence-corrected chi connectivity index (χ4v) is 3.81. The molecule has 3 rings (SSSR count). The van der Waals surface area contributed by atoms with E-state index in [1.54, 1.807) is 0 Å². The van der Waals surface area contributed by atoms with Crippen LogP contribution in [-0.2, 0) is 13.5 Å². The zero-order chi connectivity index (χ0) is 13.4. The number of aromatic nitrogens is 2. The van der Waals surface area contributed by atoms with Gasteiger partial charge in [-0.1, -0.05) is 6.42 Å². The van der Waals surface area contributed by atoms with Crippen molar-refractivity contribution in [3.63, 3.8) is 0 Å². The minimum Gasteiger partial charge on any atom is -0.330 e. The van der Waals surface area contributed by atoms with E-state index in [0.29, 0.717) is 6.04 Å². The highest BCUT2D eigenvalue weighted by molar-refractivity contribution is 9.10. The average Bonchev–Trinajstić information content (AvgIpc) is 2.67. The molecule has 2 aromatic rings. The van der Waals surface area contributed by atoms with Gasteiger partial charge in [-0.25, -0.2) is 4.98 Å². The molecule has 1 aliphatic heterocycles. The highest BCUT2D eigenvalue weighted by Gasteiger charge is 2.17. The molecule has 0 spiro atoms. The summed E-state index contributed by atoms with van der Waals surface area (Å²) in [5, 5.41) is 3.60. The summed E-state index contributed by atoms with van der Waals surface area (Å²) in [4.78, 5) is 4.82. The first kappa shape index (κ1) is 13.1. The number of rotatable bonds is 2. The van der Waals surface area contributed by atoms with Gasteiger partial charge in [0.15, 0.2) is 0 Å². The Morgan fingerprint density at radius 1 is 1.42 bits per heavy atom. The Balaban J connectivity index is 1.95. The van der Waals surface area contributed by atoms with Crippen molar-refractivity contribution >= 4 is 27.0 Å². The SMILES string of the molecule is Cc1cc(Br)c2c(c1)nc(CC1CCCCN1)n2C. The van der Waals surface area contributed by atoms with Gasteiger partial charge in [-0.3, -0.25) is 0 Å². The topological polar surface area (TPSA) is 29.9 Å². The van der Waals surface area contributed by atoms with E-state index in [1.165, 1.54) is 36.2 Å². The molecule has 19 heavy (non-hydrogen) atoms. The lowest BCUT2D eigenvalue weighted by atomic mass is 10.0. The predicted molar refractivity (Wildman–Crippen MR) is 82.5 cm³/mol. The van der Waals surface area contributed by atoms with E-state index in [0.717, 1.165) is 23.0 Å². The molecule has 0 amide bonds. The van der Waals surface area contributed by atoms with Crippen LogP contribution in [-0.4, -0.2) is 22.1 Å². The second kappa shape index (κ2) is 5.25. The van der Waals surface area contributed by atoms with Crippen molar-refractivity contribution in [2.24, 2.45) is 7.05 Å². The highest BCUT2D eigenvalue weighted by Crippen LogP contribution is 2.26. The molecular weight excluding hydrogens is 302 g/mol. The molecule has 1 unspecified atom stereocenters. The molecule has 1 saturated heterocycles.